The zero-order valence-electron chi connectivity index (χ0n) is 9.26. The molecule has 86 valence electrons. The molecule has 0 spiro atoms. The normalized spacial score (nSPS) is 25.0. The third-order valence-corrected chi connectivity index (χ3v) is 3.44. The van der Waals surface area contributed by atoms with Crippen molar-refractivity contribution < 1.29 is 4.79 Å². The number of hydrogen-bond acceptors (Lipinski definition) is 2. The Kier molecular flexibility index (Phi) is 4.01. The first-order valence-corrected chi connectivity index (χ1v) is 5.92. The molecule has 1 amide bonds. The number of amides is 1. The summed E-state index contributed by atoms with van der Waals surface area (Å²) in [6.45, 7) is 5.53. The average molecular weight is 251 g/mol. The van der Waals surface area contributed by atoms with Crippen LogP contribution >= 0.6 is 23.2 Å². The van der Waals surface area contributed by atoms with Crippen molar-refractivity contribution in [2.24, 2.45) is 10.5 Å². The van der Waals surface area contributed by atoms with Crippen LogP contribution < -0.4 is 0 Å². The number of hydrazone groups is 1. The Bertz CT molecular complexity index is 289. The lowest BCUT2D eigenvalue weighted by atomic mass is 9.84. The van der Waals surface area contributed by atoms with E-state index in [2.05, 4.69) is 5.10 Å². The fourth-order valence-corrected chi connectivity index (χ4v) is 2.13. The minimum absolute atomic E-state index is 0.130. The van der Waals surface area contributed by atoms with Crippen LogP contribution in [0.25, 0.3) is 0 Å². The summed E-state index contributed by atoms with van der Waals surface area (Å²) in [7, 11) is 0. The second-order valence-electron chi connectivity index (χ2n) is 4.47. The van der Waals surface area contributed by atoms with Crippen molar-refractivity contribution in [3.63, 3.8) is 0 Å². The molecular weight excluding hydrogens is 235 g/mol. The third kappa shape index (κ3) is 2.85. The molecule has 0 aromatic carbocycles. The van der Waals surface area contributed by atoms with Gasteiger partial charge in [-0.15, -0.1) is 11.6 Å². The van der Waals surface area contributed by atoms with E-state index in [1.165, 1.54) is 11.9 Å². The van der Waals surface area contributed by atoms with E-state index in [1.807, 2.05) is 13.8 Å². The number of alkyl halides is 2. The van der Waals surface area contributed by atoms with Crippen molar-refractivity contribution in [2.45, 2.75) is 39.1 Å². The highest BCUT2D eigenvalue weighted by molar-refractivity contribution is 6.22. The van der Waals surface area contributed by atoms with Crippen molar-refractivity contribution in [1.82, 2.24) is 5.01 Å². The predicted molar refractivity (Wildman–Crippen MR) is 63.3 cm³/mol. The van der Waals surface area contributed by atoms with Crippen LogP contribution in [-0.2, 0) is 4.79 Å². The van der Waals surface area contributed by atoms with Gasteiger partial charge in [0.2, 0.25) is 5.91 Å². The Labute approximate surface area is 100 Å². The molecule has 1 heterocycles. The number of halogens is 2. The number of carbonyl (C=O) groups excluding carboxylic acids is 1. The Balaban J connectivity index is 2.95. The molecular formula is C10H16Cl2N2O. The van der Waals surface area contributed by atoms with E-state index in [0.29, 0.717) is 12.3 Å². The molecule has 0 fully saturated rings. The van der Waals surface area contributed by atoms with Crippen LogP contribution in [0.4, 0.5) is 0 Å². The molecule has 0 radical (unpaired) electrons. The highest BCUT2D eigenvalue weighted by Crippen LogP contribution is 2.36. The summed E-state index contributed by atoms with van der Waals surface area (Å²) in [6, 6.07) is 0. The monoisotopic (exact) mass is 250 g/mol. The maximum Gasteiger partial charge on any atom is 0.240 e. The molecule has 0 unspecified atom stereocenters. The first-order valence-electron chi connectivity index (χ1n) is 4.94. The molecule has 0 aromatic heterocycles. The van der Waals surface area contributed by atoms with Crippen molar-refractivity contribution in [3.05, 3.63) is 0 Å². The molecule has 1 rings (SSSR count). The van der Waals surface area contributed by atoms with Gasteiger partial charge in [-0.25, -0.2) is 5.01 Å². The van der Waals surface area contributed by atoms with Gasteiger partial charge in [0.15, 0.2) is 0 Å². The van der Waals surface area contributed by atoms with Crippen molar-refractivity contribution in [3.8, 4) is 0 Å². The van der Waals surface area contributed by atoms with Crippen LogP contribution in [0.15, 0.2) is 5.10 Å². The van der Waals surface area contributed by atoms with E-state index in [-0.39, 0.29) is 16.8 Å². The van der Waals surface area contributed by atoms with Gasteiger partial charge in [-0.2, -0.15) is 5.10 Å². The van der Waals surface area contributed by atoms with Gasteiger partial charge in [-0.1, -0.05) is 25.4 Å². The SMILES string of the molecule is CC(=O)N1N=C(CCCl)CC(C)(C)[C@@H]1Cl. The van der Waals surface area contributed by atoms with Crippen molar-refractivity contribution in [1.29, 1.82) is 0 Å². The number of carbonyl (C=O) groups is 1. The maximum atomic E-state index is 11.3. The first-order chi connectivity index (χ1) is 6.88. The third-order valence-electron chi connectivity index (χ3n) is 2.47. The lowest BCUT2D eigenvalue weighted by Crippen LogP contribution is -2.46. The van der Waals surface area contributed by atoms with E-state index in [0.717, 1.165) is 12.1 Å². The van der Waals surface area contributed by atoms with Crippen LogP contribution in [-0.4, -0.2) is 28.0 Å². The summed E-state index contributed by atoms with van der Waals surface area (Å²) in [4.78, 5) is 11.3. The van der Waals surface area contributed by atoms with Gasteiger partial charge in [-0.05, 0) is 6.42 Å². The maximum absolute atomic E-state index is 11.3. The fourth-order valence-electron chi connectivity index (χ4n) is 1.66. The number of rotatable bonds is 2. The molecule has 1 aliphatic rings. The van der Waals surface area contributed by atoms with Gasteiger partial charge in [0.25, 0.3) is 0 Å². The number of nitrogens with zero attached hydrogens (tertiary/aromatic N) is 2. The largest absolute Gasteiger partial charge is 0.273 e. The molecule has 0 aromatic rings. The lowest BCUT2D eigenvalue weighted by molar-refractivity contribution is -0.132. The lowest BCUT2D eigenvalue weighted by Gasteiger charge is -2.39. The summed E-state index contributed by atoms with van der Waals surface area (Å²) in [6.07, 6.45) is 1.50. The Morgan fingerprint density at radius 2 is 2.27 bits per heavy atom. The highest BCUT2D eigenvalue weighted by Gasteiger charge is 2.39. The molecule has 0 N–H and O–H groups in total. The van der Waals surface area contributed by atoms with E-state index in [1.54, 1.807) is 0 Å². The molecule has 0 saturated carbocycles. The fraction of sp³-hybridized carbons (Fsp3) is 0.800. The van der Waals surface area contributed by atoms with E-state index in [4.69, 9.17) is 23.2 Å². The molecule has 0 bridgehead atoms. The summed E-state index contributed by atoms with van der Waals surface area (Å²) >= 11 is 11.9. The van der Waals surface area contributed by atoms with Crippen LogP contribution in [0.2, 0.25) is 0 Å². The molecule has 5 heteroatoms. The van der Waals surface area contributed by atoms with Crippen LogP contribution in [0.1, 0.15) is 33.6 Å². The zero-order valence-corrected chi connectivity index (χ0v) is 10.8. The quantitative estimate of drug-likeness (QED) is 0.548. The smallest absolute Gasteiger partial charge is 0.240 e. The van der Waals surface area contributed by atoms with Gasteiger partial charge in [0.1, 0.15) is 5.50 Å². The zero-order chi connectivity index (χ0) is 11.6. The van der Waals surface area contributed by atoms with E-state index >= 15 is 0 Å². The second-order valence-corrected chi connectivity index (χ2v) is 5.26. The molecule has 0 aliphatic carbocycles. The van der Waals surface area contributed by atoms with Crippen LogP contribution in [0, 0.1) is 5.41 Å². The molecule has 1 aliphatic heterocycles. The Hall–Kier alpha value is -0.280. The minimum Gasteiger partial charge on any atom is -0.273 e. The van der Waals surface area contributed by atoms with Crippen molar-refractivity contribution >= 4 is 34.8 Å². The van der Waals surface area contributed by atoms with Crippen molar-refractivity contribution in [2.75, 3.05) is 5.88 Å². The predicted octanol–water partition coefficient (Wildman–Crippen LogP) is 2.81. The minimum atomic E-state index is -0.380. The van der Waals surface area contributed by atoms with Crippen LogP contribution in [0.5, 0.6) is 0 Å². The summed E-state index contributed by atoms with van der Waals surface area (Å²) < 4.78 is 0. The van der Waals surface area contributed by atoms with Crippen LogP contribution in [0.3, 0.4) is 0 Å². The standard InChI is InChI=1S/C10H16Cl2N2O/c1-7(15)14-9(12)10(2,3)6-8(13-14)4-5-11/h9H,4-6H2,1-3H3/t9-/m1/s1. The topological polar surface area (TPSA) is 32.7 Å². The molecule has 3 nitrogen and oxygen atoms in total. The second kappa shape index (κ2) is 4.71. The first kappa shape index (κ1) is 12.8. The van der Waals surface area contributed by atoms with E-state index in [9.17, 15) is 4.79 Å². The summed E-state index contributed by atoms with van der Waals surface area (Å²) in [5.41, 5.74) is 0.410. The van der Waals surface area contributed by atoms with Gasteiger partial charge < -0.3 is 0 Å². The summed E-state index contributed by atoms with van der Waals surface area (Å²) in [5, 5.41) is 5.59. The Morgan fingerprint density at radius 1 is 1.67 bits per heavy atom. The van der Waals surface area contributed by atoms with Gasteiger partial charge >= 0.3 is 0 Å². The van der Waals surface area contributed by atoms with Gasteiger partial charge in [0, 0.05) is 30.4 Å². The highest BCUT2D eigenvalue weighted by atomic mass is 35.5. The van der Waals surface area contributed by atoms with Gasteiger partial charge in [-0.3, -0.25) is 4.79 Å². The summed E-state index contributed by atoms with van der Waals surface area (Å²) in [5.74, 6) is 0.392. The molecule has 1 atom stereocenters. The Morgan fingerprint density at radius 3 is 2.73 bits per heavy atom. The van der Waals surface area contributed by atoms with Gasteiger partial charge in [0.05, 0.1) is 0 Å². The molecule has 0 saturated heterocycles. The van der Waals surface area contributed by atoms with E-state index < -0.39 is 0 Å². The molecule has 15 heavy (non-hydrogen) atoms. The average Bonchev–Trinajstić information content (AvgIpc) is 2.10. The number of hydrogen-bond donors (Lipinski definition) is 0.